The second kappa shape index (κ2) is 10.3. The third-order valence-corrected chi connectivity index (χ3v) is 4.63. The molecule has 1 aromatic carbocycles. The lowest BCUT2D eigenvalue weighted by Crippen LogP contribution is -2.14. The number of carbonyl (C=O) groups excluding carboxylic acids is 2. The summed E-state index contributed by atoms with van der Waals surface area (Å²) in [6.07, 6.45) is 3.01. The lowest BCUT2D eigenvalue weighted by Gasteiger charge is -2.08. The summed E-state index contributed by atoms with van der Waals surface area (Å²) < 4.78 is 4.82. The van der Waals surface area contributed by atoms with Crippen LogP contribution in [0.1, 0.15) is 29.3 Å². The van der Waals surface area contributed by atoms with Crippen molar-refractivity contribution in [2.24, 2.45) is 0 Å². The average molecular weight is 395 g/mol. The lowest BCUT2D eigenvalue weighted by molar-refractivity contribution is -0.137. The van der Waals surface area contributed by atoms with Crippen LogP contribution >= 0.6 is 11.8 Å². The van der Waals surface area contributed by atoms with E-state index in [2.05, 4.69) is 16.4 Å². The summed E-state index contributed by atoms with van der Waals surface area (Å²) in [6.45, 7) is 5.80. The van der Waals surface area contributed by atoms with Gasteiger partial charge in [0.25, 0.3) is 0 Å². The number of benzene rings is 1. The first-order valence-corrected chi connectivity index (χ1v) is 9.67. The van der Waals surface area contributed by atoms with Crippen molar-refractivity contribution in [3.05, 3.63) is 58.8 Å². The molecule has 6 nitrogen and oxygen atoms in total. The van der Waals surface area contributed by atoms with E-state index in [9.17, 15) is 14.9 Å². The van der Waals surface area contributed by atoms with E-state index < -0.39 is 5.97 Å². The van der Waals surface area contributed by atoms with Crippen LogP contribution in [0, 0.1) is 25.2 Å². The Morgan fingerprint density at radius 2 is 2.00 bits per heavy atom. The van der Waals surface area contributed by atoms with Crippen LogP contribution in [0.2, 0.25) is 0 Å². The largest absolute Gasteiger partial charge is 0.463 e. The molecule has 1 aromatic heterocycles. The van der Waals surface area contributed by atoms with Gasteiger partial charge < -0.3 is 10.1 Å². The van der Waals surface area contributed by atoms with Gasteiger partial charge in [-0.1, -0.05) is 23.9 Å². The molecule has 0 fully saturated rings. The zero-order valence-electron chi connectivity index (χ0n) is 16.0. The summed E-state index contributed by atoms with van der Waals surface area (Å²) in [7, 11) is 0. The van der Waals surface area contributed by atoms with Gasteiger partial charge in [0.2, 0.25) is 5.91 Å². The highest BCUT2D eigenvalue weighted by Gasteiger charge is 2.11. The van der Waals surface area contributed by atoms with E-state index in [-0.39, 0.29) is 11.7 Å². The number of thioether (sulfide) groups is 1. The zero-order valence-corrected chi connectivity index (χ0v) is 16.8. The van der Waals surface area contributed by atoms with E-state index in [0.717, 1.165) is 16.8 Å². The van der Waals surface area contributed by atoms with Crippen LogP contribution < -0.4 is 5.32 Å². The third-order valence-electron chi connectivity index (χ3n) is 3.66. The Labute approximate surface area is 168 Å². The molecule has 0 aliphatic heterocycles. The first kappa shape index (κ1) is 21.2. The van der Waals surface area contributed by atoms with Gasteiger partial charge in [0.05, 0.1) is 17.9 Å². The summed E-state index contributed by atoms with van der Waals surface area (Å²) in [6, 6.07) is 11.1. The number of aryl methyl sites for hydroxylation is 2. The molecule has 1 N–H and O–H groups in total. The fraction of sp³-hybridized carbons (Fsp3) is 0.238. The summed E-state index contributed by atoms with van der Waals surface area (Å²) in [5, 5.41) is 12.7. The molecule has 1 heterocycles. The Bertz CT molecular complexity index is 931. The van der Waals surface area contributed by atoms with Crippen molar-refractivity contribution in [1.29, 1.82) is 5.26 Å². The predicted molar refractivity (Wildman–Crippen MR) is 110 cm³/mol. The SMILES string of the molecule is CCOC(=O)/C=C/c1ccc(NC(=O)CSc2nc(C)cc(C)c2C#N)cc1. The number of anilines is 1. The molecule has 0 bridgehead atoms. The first-order valence-electron chi connectivity index (χ1n) is 8.68. The molecule has 28 heavy (non-hydrogen) atoms. The fourth-order valence-electron chi connectivity index (χ4n) is 2.41. The Hall–Kier alpha value is -3.11. The van der Waals surface area contributed by atoms with E-state index in [1.165, 1.54) is 17.8 Å². The summed E-state index contributed by atoms with van der Waals surface area (Å²) in [5.41, 5.74) is 3.63. The van der Waals surface area contributed by atoms with Crippen LogP contribution in [0.3, 0.4) is 0 Å². The zero-order chi connectivity index (χ0) is 20.5. The Morgan fingerprint density at radius 1 is 1.29 bits per heavy atom. The highest BCUT2D eigenvalue weighted by atomic mass is 32.2. The maximum Gasteiger partial charge on any atom is 0.330 e. The Balaban J connectivity index is 1.94. The van der Waals surface area contributed by atoms with E-state index in [1.807, 2.05) is 19.9 Å². The molecule has 0 radical (unpaired) electrons. The molecule has 0 saturated heterocycles. The van der Waals surface area contributed by atoms with E-state index in [4.69, 9.17) is 4.74 Å². The molecule has 0 aliphatic rings. The van der Waals surface area contributed by atoms with Gasteiger partial charge >= 0.3 is 5.97 Å². The minimum absolute atomic E-state index is 0.148. The molecule has 2 rings (SSSR count). The number of amides is 1. The van der Waals surface area contributed by atoms with Crippen LogP contribution in [0.5, 0.6) is 0 Å². The van der Waals surface area contributed by atoms with Crippen molar-refractivity contribution in [3.63, 3.8) is 0 Å². The van der Waals surface area contributed by atoms with Crippen molar-refractivity contribution in [2.45, 2.75) is 25.8 Å². The second-order valence-electron chi connectivity index (χ2n) is 5.92. The van der Waals surface area contributed by atoms with Crippen LogP contribution in [0.15, 0.2) is 41.4 Å². The summed E-state index contributed by atoms with van der Waals surface area (Å²) in [5.74, 6) is -0.437. The first-order chi connectivity index (χ1) is 13.4. The Kier molecular flexibility index (Phi) is 7.78. The normalized spacial score (nSPS) is 10.5. The van der Waals surface area contributed by atoms with Gasteiger partial charge in [-0.15, -0.1) is 0 Å². The van der Waals surface area contributed by atoms with Crippen molar-refractivity contribution < 1.29 is 14.3 Å². The number of carbonyl (C=O) groups is 2. The number of hydrogen-bond acceptors (Lipinski definition) is 6. The van der Waals surface area contributed by atoms with Crippen LogP contribution in [-0.2, 0) is 14.3 Å². The van der Waals surface area contributed by atoms with E-state index in [0.29, 0.717) is 22.9 Å². The van der Waals surface area contributed by atoms with Gasteiger partial charge in [-0.3, -0.25) is 4.79 Å². The van der Waals surface area contributed by atoms with Gasteiger partial charge in [-0.05, 0) is 56.2 Å². The molecule has 7 heteroatoms. The molecular formula is C21H21N3O3S. The number of ether oxygens (including phenoxy) is 1. The van der Waals surface area contributed by atoms with E-state index in [1.54, 1.807) is 37.3 Å². The molecule has 0 spiro atoms. The topological polar surface area (TPSA) is 92.1 Å². The second-order valence-corrected chi connectivity index (χ2v) is 6.88. The minimum atomic E-state index is -0.395. The smallest absolute Gasteiger partial charge is 0.330 e. The van der Waals surface area contributed by atoms with Gasteiger partial charge in [0.15, 0.2) is 0 Å². The van der Waals surface area contributed by atoms with Gasteiger partial charge in [0, 0.05) is 17.5 Å². The Morgan fingerprint density at radius 3 is 2.64 bits per heavy atom. The predicted octanol–water partition coefficient (Wildman–Crippen LogP) is 3.88. The van der Waals surface area contributed by atoms with Crippen molar-refractivity contribution in [1.82, 2.24) is 4.98 Å². The number of rotatable bonds is 7. The fourth-order valence-corrected chi connectivity index (χ4v) is 3.31. The van der Waals surface area contributed by atoms with Gasteiger partial charge in [-0.2, -0.15) is 5.26 Å². The van der Waals surface area contributed by atoms with Crippen molar-refractivity contribution >= 4 is 35.4 Å². The number of nitriles is 1. The number of esters is 1. The van der Waals surface area contributed by atoms with Crippen LogP contribution in [0.4, 0.5) is 5.69 Å². The molecule has 0 unspecified atom stereocenters. The number of nitrogens with zero attached hydrogens (tertiary/aromatic N) is 2. The third kappa shape index (κ3) is 6.25. The van der Waals surface area contributed by atoms with Gasteiger partial charge in [-0.25, -0.2) is 9.78 Å². The monoisotopic (exact) mass is 395 g/mol. The molecule has 2 aromatic rings. The molecule has 0 aliphatic carbocycles. The highest BCUT2D eigenvalue weighted by molar-refractivity contribution is 8.00. The van der Waals surface area contributed by atoms with Crippen LogP contribution in [-0.4, -0.2) is 29.2 Å². The number of hydrogen-bond donors (Lipinski definition) is 1. The molecule has 144 valence electrons. The molecule has 0 atom stereocenters. The minimum Gasteiger partial charge on any atom is -0.463 e. The molecular weight excluding hydrogens is 374 g/mol. The number of nitrogens with one attached hydrogen (secondary N) is 1. The quantitative estimate of drug-likeness (QED) is 0.435. The van der Waals surface area contributed by atoms with Crippen molar-refractivity contribution in [2.75, 3.05) is 17.7 Å². The van der Waals surface area contributed by atoms with Gasteiger partial charge in [0.1, 0.15) is 11.1 Å². The average Bonchev–Trinajstić information content (AvgIpc) is 2.66. The standard InChI is InChI=1S/C21H21N3O3S/c1-4-27-20(26)10-7-16-5-8-17(9-6-16)24-19(25)13-28-21-18(12-22)14(2)11-15(3)23-21/h5-11H,4,13H2,1-3H3,(H,24,25)/b10-7+. The maximum atomic E-state index is 12.2. The number of aromatic nitrogens is 1. The van der Waals surface area contributed by atoms with E-state index >= 15 is 0 Å². The van der Waals surface area contributed by atoms with Crippen LogP contribution in [0.25, 0.3) is 6.08 Å². The van der Waals surface area contributed by atoms with Crippen molar-refractivity contribution in [3.8, 4) is 6.07 Å². The summed E-state index contributed by atoms with van der Waals surface area (Å²) in [4.78, 5) is 27.9. The molecule has 1 amide bonds. The summed E-state index contributed by atoms with van der Waals surface area (Å²) >= 11 is 1.24. The maximum absolute atomic E-state index is 12.2. The number of pyridine rings is 1. The molecule has 0 saturated carbocycles. The highest BCUT2D eigenvalue weighted by Crippen LogP contribution is 2.23. The lowest BCUT2D eigenvalue weighted by atomic mass is 10.1.